The van der Waals surface area contributed by atoms with Crippen molar-refractivity contribution >= 4 is 50.3 Å². The number of rotatable bonds is 2. The molecule has 0 aliphatic carbocycles. The van der Waals surface area contributed by atoms with Gasteiger partial charge >= 0.3 is 0 Å². The van der Waals surface area contributed by atoms with Gasteiger partial charge in [0.15, 0.2) is 5.65 Å². The fourth-order valence-electron chi connectivity index (χ4n) is 2.22. The van der Waals surface area contributed by atoms with Crippen molar-refractivity contribution in [3.05, 3.63) is 51.3 Å². The first-order valence-corrected chi connectivity index (χ1v) is 7.66. The highest BCUT2D eigenvalue weighted by Gasteiger charge is 2.16. The van der Waals surface area contributed by atoms with Crippen LogP contribution in [0.3, 0.4) is 0 Å². The number of halogens is 3. The molecule has 0 saturated carbocycles. The van der Waals surface area contributed by atoms with E-state index >= 15 is 0 Å². The van der Waals surface area contributed by atoms with Crippen LogP contribution in [-0.2, 0) is 5.88 Å². The molecule has 0 aliphatic rings. The standard InChI is InChI=1S/C14H10BrCl2N3/c1-8-3-2-4-10(17)13(8)20-12(6-16)19-11-5-9(15)7-18-14(11)20/h2-5,7H,6H2,1H3. The largest absolute Gasteiger partial charge is 0.278 e. The van der Waals surface area contributed by atoms with Gasteiger partial charge in [-0.3, -0.25) is 4.57 Å². The Morgan fingerprint density at radius 1 is 1.35 bits per heavy atom. The molecule has 2 heterocycles. The summed E-state index contributed by atoms with van der Waals surface area (Å²) in [7, 11) is 0. The molecule has 0 amide bonds. The maximum atomic E-state index is 6.35. The molecule has 3 nitrogen and oxygen atoms in total. The SMILES string of the molecule is Cc1cccc(Cl)c1-n1c(CCl)nc2cc(Br)cnc21. The van der Waals surface area contributed by atoms with E-state index < -0.39 is 0 Å². The molecule has 0 unspecified atom stereocenters. The van der Waals surface area contributed by atoms with Crippen LogP contribution < -0.4 is 0 Å². The molecule has 102 valence electrons. The van der Waals surface area contributed by atoms with Crippen LogP contribution >= 0.6 is 39.1 Å². The molecule has 3 rings (SSSR count). The van der Waals surface area contributed by atoms with Crippen LogP contribution in [0.2, 0.25) is 5.02 Å². The van der Waals surface area contributed by atoms with E-state index in [9.17, 15) is 0 Å². The van der Waals surface area contributed by atoms with E-state index in [0.29, 0.717) is 10.9 Å². The molecule has 3 aromatic rings. The number of benzene rings is 1. The first-order valence-electron chi connectivity index (χ1n) is 5.96. The van der Waals surface area contributed by atoms with E-state index in [1.54, 1.807) is 6.20 Å². The highest BCUT2D eigenvalue weighted by atomic mass is 79.9. The number of imidazole rings is 1. The molecule has 0 spiro atoms. The Morgan fingerprint density at radius 3 is 2.85 bits per heavy atom. The van der Waals surface area contributed by atoms with Crippen molar-refractivity contribution in [2.45, 2.75) is 12.8 Å². The zero-order chi connectivity index (χ0) is 14.3. The zero-order valence-corrected chi connectivity index (χ0v) is 13.7. The lowest BCUT2D eigenvalue weighted by Gasteiger charge is -2.12. The van der Waals surface area contributed by atoms with Crippen LogP contribution in [0.1, 0.15) is 11.4 Å². The van der Waals surface area contributed by atoms with Crippen LogP contribution in [0.5, 0.6) is 0 Å². The Morgan fingerprint density at radius 2 is 2.15 bits per heavy atom. The van der Waals surface area contributed by atoms with E-state index in [1.807, 2.05) is 35.8 Å². The number of alkyl halides is 1. The van der Waals surface area contributed by atoms with Crippen molar-refractivity contribution in [2.75, 3.05) is 0 Å². The summed E-state index contributed by atoms with van der Waals surface area (Å²) in [5.41, 5.74) is 3.46. The maximum absolute atomic E-state index is 6.35. The minimum atomic E-state index is 0.290. The smallest absolute Gasteiger partial charge is 0.164 e. The lowest BCUT2D eigenvalue weighted by atomic mass is 10.2. The van der Waals surface area contributed by atoms with Crippen LogP contribution in [-0.4, -0.2) is 14.5 Å². The Labute approximate surface area is 134 Å². The van der Waals surface area contributed by atoms with Crippen LogP contribution in [0.4, 0.5) is 0 Å². The molecule has 0 atom stereocenters. The Balaban J connectivity index is 2.40. The van der Waals surface area contributed by atoms with Crippen molar-refractivity contribution in [1.29, 1.82) is 0 Å². The third-order valence-electron chi connectivity index (χ3n) is 3.06. The highest BCUT2D eigenvalue weighted by molar-refractivity contribution is 9.10. The second-order valence-electron chi connectivity index (χ2n) is 4.40. The summed E-state index contributed by atoms with van der Waals surface area (Å²) in [5, 5.41) is 0.653. The first-order chi connectivity index (χ1) is 9.61. The summed E-state index contributed by atoms with van der Waals surface area (Å²) in [5.74, 6) is 1.02. The number of para-hydroxylation sites is 1. The second kappa shape index (κ2) is 5.35. The topological polar surface area (TPSA) is 30.7 Å². The molecule has 6 heteroatoms. The molecular weight excluding hydrogens is 361 g/mol. The molecule has 1 aromatic carbocycles. The average Bonchev–Trinajstić information content (AvgIpc) is 2.76. The third kappa shape index (κ3) is 2.22. The van der Waals surface area contributed by atoms with Crippen molar-refractivity contribution < 1.29 is 0 Å². The minimum absolute atomic E-state index is 0.290. The molecule has 0 aliphatic heterocycles. The summed E-state index contributed by atoms with van der Waals surface area (Å²) in [4.78, 5) is 8.97. The first kappa shape index (κ1) is 13.9. The number of aromatic nitrogens is 3. The van der Waals surface area contributed by atoms with Gasteiger partial charge in [-0.2, -0.15) is 0 Å². The van der Waals surface area contributed by atoms with Gasteiger partial charge in [-0.05, 0) is 40.5 Å². The number of hydrogen-bond acceptors (Lipinski definition) is 2. The Bertz CT molecular complexity index is 778. The van der Waals surface area contributed by atoms with E-state index in [4.69, 9.17) is 23.2 Å². The van der Waals surface area contributed by atoms with Crippen LogP contribution in [0, 0.1) is 6.92 Å². The van der Waals surface area contributed by atoms with E-state index in [0.717, 1.165) is 32.7 Å². The summed E-state index contributed by atoms with van der Waals surface area (Å²) >= 11 is 15.8. The number of pyridine rings is 1. The summed E-state index contributed by atoms with van der Waals surface area (Å²) in [6, 6.07) is 7.70. The van der Waals surface area contributed by atoms with Gasteiger partial charge in [0.1, 0.15) is 11.3 Å². The summed E-state index contributed by atoms with van der Waals surface area (Å²) in [6.45, 7) is 2.00. The zero-order valence-electron chi connectivity index (χ0n) is 10.6. The van der Waals surface area contributed by atoms with Crippen LogP contribution in [0.25, 0.3) is 16.9 Å². The predicted octanol–water partition coefficient (Wildman–Crippen LogP) is 4.88. The quantitative estimate of drug-likeness (QED) is 0.601. The van der Waals surface area contributed by atoms with Gasteiger partial charge in [0.05, 0.1) is 16.6 Å². The summed E-state index contributed by atoms with van der Waals surface area (Å²) < 4.78 is 2.80. The Kier molecular flexibility index (Phi) is 3.71. The average molecular weight is 371 g/mol. The highest BCUT2D eigenvalue weighted by Crippen LogP contribution is 2.30. The molecule has 20 heavy (non-hydrogen) atoms. The van der Waals surface area contributed by atoms with Gasteiger partial charge < -0.3 is 0 Å². The fourth-order valence-corrected chi connectivity index (χ4v) is 3.02. The second-order valence-corrected chi connectivity index (χ2v) is 5.99. The van der Waals surface area contributed by atoms with Crippen molar-refractivity contribution in [3.63, 3.8) is 0 Å². The molecule has 0 fully saturated rings. The maximum Gasteiger partial charge on any atom is 0.164 e. The van der Waals surface area contributed by atoms with E-state index in [2.05, 4.69) is 25.9 Å². The molecule has 0 N–H and O–H groups in total. The number of fused-ring (bicyclic) bond motifs is 1. The van der Waals surface area contributed by atoms with Gasteiger partial charge in [-0.25, -0.2) is 9.97 Å². The predicted molar refractivity (Wildman–Crippen MR) is 85.9 cm³/mol. The number of aryl methyl sites for hydroxylation is 1. The molecule has 2 aromatic heterocycles. The molecule has 0 saturated heterocycles. The van der Waals surface area contributed by atoms with Crippen molar-refractivity contribution in [3.8, 4) is 5.69 Å². The lowest BCUT2D eigenvalue weighted by Crippen LogP contribution is -2.03. The Hall–Kier alpha value is -1.10. The van der Waals surface area contributed by atoms with E-state index in [-0.39, 0.29) is 0 Å². The number of nitrogens with zero attached hydrogens (tertiary/aromatic N) is 3. The molecule has 0 radical (unpaired) electrons. The number of hydrogen-bond donors (Lipinski definition) is 0. The van der Waals surface area contributed by atoms with Gasteiger partial charge in [0.2, 0.25) is 0 Å². The lowest BCUT2D eigenvalue weighted by molar-refractivity contribution is 0.960. The van der Waals surface area contributed by atoms with E-state index in [1.165, 1.54) is 0 Å². The van der Waals surface area contributed by atoms with Gasteiger partial charge in [0.25, 0.3) is 0 Å². The molecular formula is C14H10BrCl2N3. The normalized spacial score (nSPS) is 11.2. The third-order valence-corrected chi connectivity index (χ3v) is 4.04. The van der Waals surface area contributed by atoms with Crippen LogP contribution in [0.15, 0.2) is 34.9 Å². The van der Waals surface area contributed by atoms with Gasteiger partial charge in [-0.15, -0.1) is 11.6 Å². The van der Waals surface area contributed by atoms with Gasteiger partial charge in [0, 0.05) is 10.7 Å². The summed E-state index contributed by atoms with van der Waals surface area (Å²) in [6.07, 6.45) is 1.74. The monoisotopic (exact) mass is 369 g/mol. The molecule has 0 bridgehead atoms. The fraction of sp³-hybridized carbons (Fsp3) is 0.143. The van der Waals surface area contributed by atoms with Crippen molar-refractivity contribution in [2.24, 2.45) is 0 Å². The van der Waals surface area contributed by atoms with Gasteiger partial charge in [-0.1, -0.05) is 23.7 Å². The minimum Gasteiger partial charge on any atom is -0.278 e. The van der Waals surface area contributed by atoms with Crippen molar-refractivity contribution in [1.82, 2.24) is 14.5 Å².